The van der Waals surface area contributed by atoms with Gasteiger partial charge in [0, 0.05) is 6.42 Å². The second-order valence-corrected chi connectivity index (χ2v) is 4.77. The summed E-state index contributed by atoms with van der Waals surface area (Å²) in [6.45, 7) is 13.8. The van der Waals surface area contributed by atoms with E-state index in [4.69, 9.17) is 15.2 Å². The van der Waals surface area contributed by atoms with Crippen molar-refractivity contribution in [2.75, 3.05) is 6.61 Å². The summed E-state index contributed by atoms with van der Waals surface area (Å²) in [7, 11) is 0. The van der Waals surface area contributed by atoms with Crippen LogP contribution in [0, 0.1) is 0 Å². The Labute approximate surface area is 87.3 Å². The minimum atomic E-state index is -0.570. The molecule has 0 fully saturated rings. The first kappa shape index (κ1) is 13.5. The first-order chi connectivity index (χ1) is 6.12. The van der Waals surface area contributed by atoms with E-state index in [0.717, 1.165) is 12.2 Å². The molecule has 0 aliphatic rings. The summed E-state index contributed by atoms with van der Waals surface area (Å²) >= 11 is 0. The molecule has 0 spiro atoms. The van der Waals surface area contributed by atoms with Gasteiger partial charge < -0.3 is 15.2 Å². The fraction of sp³-hybridized carbons (Fsp3) is 0.818. The maximum absolute atomic E-state index is 5.69. The summed E-state index contributed by atoms with van der Waals surface area (Å²) in [4.78, 5) is 0. The van der Waals surface area contributed by atoms with Gasteiger partial charge in [-0.25, -0.2) is 0 Å². The Morgan fingerprint density at radius 3 is 2.14 bits per heavy atom. The molecule has 0 aromatic rings. The van der Waals surface area contributed by atoms with Gasteiger partial charge in [-0.2, -0.15) is 0 Å². The number of rotatable bonds is 6. The van der Waals surface area contributed by atoms with Crippen molar-refractivity contribution in [3.05, 3.63) is 12.3 Å². The van der Waals surface area contributed by atoms with Crippen LogP contribution in [0.1, 0.15) is 41.0 Å². The van der Waals surface area contributed by atoms with Crippen molar-refractivity contribution in [1.29, 1.82) is 0 Å². The second-order valence-electron chi connectivity index (χ2n) is 4.77. The van der Waals surface area contributed by atoms with Crippen LogP contribution in [0.3, 0.4) is 0 Å². The molecule has 84 valence electrons. The van der Waals surface area contributed by atoms with Crippen LogP contribution in [-0.2, 0) is 9.47 Å². The number of ether oxygens (including phenoxy) is 2. The van der Waals surface area contributed by atoms with Gasteiger partial charge in [-0.1, -0.05) is 6.58 Å². The highest BCUT2D eigenvalue weighted by atomic mass is 16.5. The molecule has 0 saturated heterocycles. The molecular formula is C11H23NO2. The maximum atomic E-state index is 5.69. The van der Waals surface area contributed by atoms with Crippen LogP contribution in [0.15, 0.2) is 12.3 Å². The van der Waals surface area contributed by atoms with Gasteiger partial charge in [0.1, 0.15) is 11.3 Å². The van der Waals surface area contributed by atoms with Crippen molar-refractivity contribution in [2.24, 2.45) is 5.73 Å². The van der Waals surface area contributed by atoms with Crippen molar-refractivity contribution in [3.8, 4) is 0 Å². The summed E-state index contributed by atoms with van der Waals surface area (Å²) in [5.74, 6) is 0.724. The van der Waals surface area contributed by atoms with E-state index in [9.17, 15) is 0 Å². The van der Waals surface area contributed by atoms with Gasteiger partial charge in [-0.05, 0) is 34.6 Å². The van der Waals surface area contributed by atoms with E-state index in [1.54, 1.807) is 0 Å². The van der Waals surface area contributed by atoms with Gasteiger partial charge in [0.2, 0.25) is 0 Å². The molecule has 0 heterocycles. The molecule has 14 heavy (non-hydrogen) atoms. The zero-order chi connectivity index (χ0) is 11.4. The van der Waals surface area contributed by atoms with E-state index >= 15 is 0 Å². The Hall–Kier alpha value is -0.540. The van der Waals surface area contributed by atoms with Crippen molar-refractivity contribution in [1.82, 2.24) is 0 Å². The first-order valence-corrected chi connectivity index (χ1v) is 4.90. The molecule has 0 saturated carbocycles. The molecule has 2 N–H and O–H groups in total. The van der Waals surface area contributed by atoms with Crippen molar-refractivity contribution < 1.29 is 9.47 Å². The second kappa shape index (κ2) is 4.80. The third-order valence-corrected chi connectivity index (χ3v) is 1.63. The van der Waals surface area contributed by atoms with E-state index in [1.165, 1.54) is 0 Å². The Kier molecular flexibility index (Phi) is 4.62. The van der Waals surface area contributed by atoms with E-state index in [-0.39, 0.29) is 5.60 Å². The van der Waals surface area contributed by atoms with Crippen molar-refractivity contribution >= 4 is 0 Å². The molecule has 0 bridgehead atoms. The van der Waals surface area contributed by atoms with Crippen LogP contribution in [-0.4, -0.2) is 17.9 Å². The van der Waals surface area contributed by atoms with Crippen LogP contribution < -0.4 is 5.73 Å². The third kappa shape index (κ3) is 8.08. The molecule has 0 rings (SSSR count). The first-order valence-electron chi connectivity index (χ1n) is 4.90. The molecule has 0 aliphatic carbocycles. The van der Waals surface area contributed by atoms with Crippen LogP contribution in [0.4, 0.5) is 0 Å². The average Bonchev–Trinajstić information content (AvgIpc) is 1.78. The molecule has 0 aromatic heterocycles. The number of hydrogen-bond acceptors (Lipinski definition) is 3. The summed E-state index contributed by atoms with van der Waals surface area (Å²) in [6, 6.07) is 0. The lowest BCUT2D eigenvalue weighted by Gasteiger charge is -2.28. The SMILES string of the molecule is C=C(C)OC(C)(C)CCOC(C)(C)N. The van der Waals surface area contributed by atoms with Gasteiger partial charge in [-0.15, -0.1) is 0 Å². The lowest BCUT2D eigenvalue weighted by atomic mass is 10.1. The highest BCUT2D eigenvalue weighted by Crippen LogP contribution is 2.18. The topological polar surface area (TPSA) is 44.5 Å². The Bertz CT molecular complexity index is 192. The lowest BCUT2D eigenvalue weighted by Crippen LogP contribution is -2.37. The van der Waals surface area contributed by atoms with Gasteiger partial charge in [-0.3, -0.25) is 0 Å². The van der Waals surface area contributed by atoms with Crippen molar-refractivity contribution in [3.63, 3.8) is 0 Å². The number of allylic oxidation sites excluding steroid dienone is 1. The van der Waals surface area contributed by atoms with Gasteiger partial charge in [0.05, 0.1) is 12.4 Å². The summed E-state index contributed by atoms with van der Waals surface area (Å²) in [5, 5.41) is 0. The molecule has 0 radical (unpaired) electrons. The number of hydrogen-bond donors (Lipinski definition) is 1. The third-order valence-electron chi connectivity index (χ3n) is 1.63. The molecule has 0 atom stereocenters. The zero-order valence-corrected chi connectivity index (χ0v) is 10.0. The Morgan fingerprint density at radius 2 is 1.79 bits per heavy atom. The largest absolute Gasteiger partial charge is 0.493 e. The highest BCUT2D eigenvalue weighted by molar-refractivity contribution is 4.81. The Balaban J connectivity index is 3.82. The minimum Gasteiger partial charge on any atom is -0.493 e. The van der Waals surface area contributed by atoms with E-state index < -0.39 is 5.72 Å². The molecule has 0 amide bonds. The van der Waals surface area contributed by atoms with Gasteiger partial charge >= 0.3 is 0 Å². The standard InChI is InChI=1S/C11H23NO2/c1-9(2)14-10(3,4)7-8-13-11(5,6)12/h1,7-8,12H2,2-6H3. The van der Waals surface area contributed by atoms with Crippen LogP contribution in [0.2, 0.25) is 0 Å². The molecule has 3 nitrogen and oxygen atoms in total. The summed E-state index contributed by atoms with van der Waals surface area (Å²) in [5.41, 5.74) is 4.88. The fourth-order valence-corrected chi connectivity index (χ4v) is 1.08. The van der Waals surface area contributed by atoms with Crippen molar-refractivity contribution in [2.45, 2.75) is 52.4 Å². The van der Waals surface area contributed by atoms with E-state index in [2.05, 4.69) is 6.58 Å². The average molecular weight is 201 g/mol. The minimum absolute atomic E-state index is 0.239. The normalized spacial score (nSPS) is 12.7. The zero-order valence-electron chi connectivity index (χ0n) is 10.0. The summed E-state index contributed by atoms with van der Waals surface area (Å²) in [6.07, 6.45) is 0.792. The van der Waals surface area contributed by atoms with Crippen LogP contribution >= 0.6 is 0 Å². The van der Waals surface area contributed by atoms with Gasteiger partial charge in [0.15, 0.2) is 0 Å². The van der Waals surface area contributed by atoms with E-state index in [0.29, 0.717) is 6.61 Å². The fourth-order valence-electron chi connectivity index (χ4n) is 1.08. The molecule has 0 aromatic carbocycles. The smallest absolute Gasteiger partial charge is 0.111 e. The molecule has 3 heteroatoms. The highest BCUT2D eigenvalue weighted by Gasteiger charge is 2.20. The number of nitrogens with two attached hydrogens (primary N) is 1. The quantitative estimate of drug-likeness (QED) is 0.530. The molecule has 0 aliphatic heterocycles. The van der Waals surface area contributed by atoms with Crippen LogP contribution in [0.5, 0.6) is 0 Å². The molecule has 0 unspecified atom stereocenters. The predicted octanol–water partition coefficient (Wildman–Crippen LogP) is 2.42. The summed E-state index contributed by atoms with van der Waals surface area (Å²) < 4.78 is 11.0. The maximum Gasteiger partial charge on any atom is 0.111 e. The molecular weight excluding hydrogens is 178 g/mol. The lowest BCUT2D eigenvalue weighted by molar-refractivity contribution is -0.0506. The predicted molar refractivity (Wildman–Crippen MR) is 58.8 cm³/mol. The monoisotopic (exact) mass is 201 g/mol. The Morgan fingerprint density at radius 1 is 1.29 bits per heavy atom. The van der Waals surface area contributed by atoms with E-state index in [1.807, 2.05) is 34.6 Å². The van der Waals surface area contributed by atoms with Gasteiger partial charge in [0.25, 0.3) is 0 Å². The van der Waals surface area contributed by atoms with Crippen LogP contribution in [0.25, 0.3) is 0 Å².